The lowest BCUT2D eigenvalue weighted by Crippen LogP contribution is -2.30. The second-order valence-corrected chi connectivity index (χ2v) is 4.41. The molecule has 0 spiro atoms. The second kappa shape index (κ2) is 5.15. The summed E-state index contributed by atoms with van der Waals surface area (Å²) in [5, 5.41) is 0. The molecule has 17 heavy (non-hydrogen) atoms. The molecule has 2 N–H and O–H groups in total. The molecule has 3 heteroatoms. The van der Waals surface area contributed by atoms with E-state index in [0.717, 1.165) is 24.1 Å². The molecular weight excluding hydrogens is 212 g/mol. The smallest absolute Gasteiger partial charge is 0.249 e. The van der Waals surface area contributed by atoms with E-state index >= 15 is 0 Å². The van der Waals surface area contributed by atoms with Crippen LogP contribution < -0.4 is 5.73 Å². The van der Waals surface area contributed by atoms with Gasteiger partial charge in [-0.3, -0.25) is 4.79 Å². The molecule has 1 aromatic rings. The average Bonchev–Trinajstić information content (AvgIpc) is 2.65. The van der Waals surface area contributed by atoms with Crippen LogP contribution in [-0.4, -0.2) is 30.4 Å². The zero-order chi connectivity index (χ0) is 12.3. The van der Waals surface area contributed by atoms with E-state index in [0.29, 0.717) is 13.1 Å². The molecule has 3 nitrogen and oxygen atoms in total. The number of hydrogen-bond donors (Lipinski definition) is 1. The van der Waals surface area contributed by atoms with Crippen molar-refractivity contribution in [3.8, 4) is 0 Å². The van der Waals surface area contributed by atoms with Crippen molar-refractivity contribution >= 4 is 12.0 Å². The summed E-state index contributed by atoms with van der Waals surface area (Å²) in [6, 6.07) is 8.20. The second-order valence-electron chi connectivity index (χ2n) is 4.41. The summed E-state index contributed by atoms with van der Waals surface area (Å²) in [4.78, 5) is 13.8. The molecule has 90 valence electrons. The Morgan fingerprint density at radius 3 is 2.71 bits per heavy atom. The van der Waals surface area contributed by atoms with Gasteiger partial charge in [-0.15, -0.1) is 0 Å². The van der Waals surface area contributed by atoms with Gasteiger partial charge in [0.05, 0.1) is 0 Å². The summed E-state index contributed by atoms with van der Waals surface area (Å²) in [7, 11) is 0. The van der Waals surface area contributed by atoms with E-state index in [9.17, 15) is 4.79 Å². The van der Waals surface area contributed by atoms with Crippen molar-refractivity contribution in [1.29, 1.82) is 0 Å². The van der Waals surface area contributed by atoms with Gasteiger partial charge in [-0.25, -0.2) is 0 Å². The van der Waals surface area contributed by atoms with Crippen LogP contribution in [0.2, 0.25) is 0 Å². The first kappa shape index (κ1) is 11.9. The molecule has 1 aromatic carbocycles. The summed E-state index contributed by atoms with van der Waals surface area (Å²) < 4.78 is 0. The molecule has 0 aliphatic carbocycles. The summed E-state index contributed by atoms with van der Waals surface area (Å²) >= 11 is 0. The summed E-state index contributed by atoms with van der Waals surface area (Å²) in [5.74, 6) is 0.135. The monoisotopic (exact) mass is 230 g/mol. The number of carbonyl (C=O) groups excluding carboxylic acids is 1. The molecule has 0 radical (unpaired) electrons. The molecule has 0 unspecified atom stereocenters. The lowest BCUT2D eigenvalue weighted by Gasteiger charge is -2.12. The van der Waals surface area contributed by atoms with Crippen molar-refractivity contribution in [2.75, 3.05) is 19.6 Å². The normalized spacial score (nSPS) is 18.1. The number of carbonyl (C=O) groups is 1. The quantitative estimate of drug-likeness (QED) is 0.801. The van der Waals surface area contributed by atoms with Gasteiger partial charge in [-0.1, -0.05) is 29.8 Å². The van der Waals surface area contributed by atoms with Crippen LogP contribution in [0.5, 0.6) is 0 Å². The van der Waals surface area contributed by atoms with Gasteiger partial charge in [-0.05, 0) is 25.0 Å². The van der Waals surface area contributed by atoms with E-state index in [1.54, 1.807) is 0 Å². The predicted octanol–water partition coefficient (Wildman–Crippen LogP) is 1.57. The van der Waals surface area contributed by atoms with E-state index < -0.39 is 0 Å². The van der Waals surface area contributed by atoms with Crippen LogP contribution in [0.3, 0.4) is 0 Å². The Hall–Kier alpha value is -1.61. The average molecular weight is 230 g/mol. The number of likely N-dealkylation sites (tertiary alicyclic amines) is 1. The molecule has 1 aliphatic heterocycles. The first-order valence-electron chi connectivity index (χ1n) is 5.97. The van der Waals surface area contributed by atoms with Gasteiger partial charge in [0, 0.05) is 25.2 Å². The van der Waals surface area contributed by atoms with Gasteiger partial charge < -0.3 is 10.6 Å². The Bertz CT molecular complexity index is 434. The number of nitrogens with zero attached hydrogens (tertiary/aromatic N) is 1. The van der Waals surface area contributed by atoms with Crippen LogP contribution in [0.1, 0.15) is 17.5 Å². The number of amides is 1. The first-order valence-corrected chi connectivity index (χ1v) is 5.97. The number of aryl methyl sites for hydroxylation is 1. The maximum Gasteiger partial charge on any atom is 0.249 e. The summed E-state index contributed by atoms with van der Waals surface area (Å²) in [6.45, 7) is 4.04. The fraction of sp³-hybridized carbons (Fsp3) is 0.357. The standard InChI is InChI=1S/C14H18N2O/c1-11-2-4-12(5-3-11)10-13-6-8-16(9-7-15)14(13)17/h2-5,10H,6-9,15H2,1H3/b13-10+. The van der Waals surface area contributed by atoms with Crippen molar-refractivity contribution in [2.24, 2.45) is 5.73 Å². The van der Waals surface area contributed by atoms with Crippen LogP contribution in [0.4, 0.5) is 0 Å². The maximum atomic E-state index is 12.0. The van der Waals surface area contributed by atoms with Gasteiger partial charge >= 0.3 is 0 Å². The number of hydrogen-bond acceptors (Lipinski definition) is 2. The fourth-order valence-corrected chi connectivity index (χ4v) is 2.03. The molecular formula is C14H18N2O. The van der Waals surface area contributed by atoms with Crippen molar-refractivity contribution in [3.05, 3.63) is 41.0 Å². The largest absolute Gasteiger partial charge is 0.337 e. The highest BCUT2D eigenvalue weighted by Crippen LogP contribution is 2.19. The highest BCUT2D eigenvalue weighted by atomic mass is 16.2. The van der Waals surface area contributed by atoms with Crippen LogP contribution in [0.15, 0.2) is 29.8 Å². The van der Waals surface area contributed by atoms with Gasteiger partial charge in [0.1, 0.15) is 0 Å². The first-order chi connectivity index (χ1) is 8.20. The van der Waals surface area contributed by atoms with Gasteiger partial charge in [0.2, 0.25) is 5.91 Å². The SMILES string of the molecule is Cc1ccc(/C=C2\CCN(CCN)C2=O)cc1. The van der Waals surface area contributed by atoms with Crippen molar-refractivity contribution in [1.82, 2.24) is 4.90 Å². The molecule has 0 bridgehead atoms. The van der Waals surface area contributed by atoms with Crippen LogP contribution in [0, 0.1) is 6.92 Å². The minimum absolute atomic E-state index is 0.135. The minimum atomic E-state index is 0.135. The predicted molar refractivity (Wildman–Crippen MR) is 69.4 cm³/mol. The molecule has 0 aromatic heterocycles. The van der Waals surface area contributed by atoms with E-state index in [-0.39, 0.29) is 5.91 Å². The Labute approximate surface area is 102 Å². The molecule has 0 atom stereocenters. The lowest BCUT2D eigenvalue weighted by molar-refractivity contribution is -0.124. The zero-order valence-corrected chi connectivity index (χ0v) is 10.1. The Morgan fingerprint density at radius 1 is 1.35 bits per heavy atom. The molecule has 1 saturated heterocycles. The van der Waals surface area contributed by atoms with E-state index in [1.807, 2.05) is 23.1 Å². The fourth-order valence-electron chi connectivity index (χ4n) is 2.03. The van der Waals surface area contributed by atoms with E-state index in [2.05, 4.69) is 19.1 Å². The summed E-state index contributed by atoms with van der Waals surface area (Å²) in [6.07, 6.45) is 2.81. The molecule has 1 heterocycles. The van der Waals surface area contributed by atoms with Crippen LogP contribution >= 0.6 is 0 Å². The Kier molecular flexibility index (Phi) is 3.59. The molecule has 0 saturated carbocycles. The van der Waals surface area contributed by atoms with Crippen LogP contribution in [-0.2, 0) is 4.79 Å². The number of rotatable bonds is 3. The molecule has 2 rings (SSSR count). The minimum Gasteiger partial charge on any atom is -0.337 e. The third-order valence-electron chi connectivity index (χ3n) is 3.03. The van der Waals surface area contributed by atoms with Gasteiger partial charge in [0.25, 0.3) is 0 Å². The molecule has 1 fully saturated rings. The lowest BCUT2D eigenvalue weighted by atomic mass is 10.1. The van der Waals surface area contributed by atoms with E-state index in [1.165, 1.54) is 5.56 Å². The highest BCUT2D eigenvalue weighted by Gasteiger charge is 2.24. The van der Waals surface area contributed by atoms with Crippen molar-refractivity contribution in [2.45, 2.75) is 13.3 Å². The zero-order valence-electron chi connectivity index (χ0n) is 10.1. The topological polar surface area (TPSA) is 46.3 Å². The van der Waals surface area contributed by atoms with Crippen LogP contribution in [0.25, 0.3) is 6.08 Å². The Morgan fingerprint density at radius 2 is 2.06 bits per heavy atom. The highest BCUT2D eigenvalue weighted by molar-refractivity contribution is 5.99. The van der Waals surface area contributed by atoms with Gasteiger partial charge in [-0.2, -0.15) is 0 Å². The van der Waals surface area contributed by atoms with E-state index in [4.69, 9.17) is 5.73 Å². The van der Waals surface area contributed by atoms with Crippen molar-refractivity contribution in [3.63, 3.8) is 0 Å². The third kappa shape index (κ3) is 2.74. The van der Waals surface area contributed by atoms with Crippen molar-refractivity contribution < 1.29 is 4.79 Å². The summed E-state index contributed by atoms with van der Waals surface area (Å²) in [5.41, 5.74) is 8.69. The van der Waals surface area contributed by atoms with Gasteiger partial charge in [0.15, 0.2) is 0 Å². The Balaban J connectivity index is 2.13. The maximum absolute atomic E-state index is 12.0. The number of benzene rings is 1. The third-order valence-corrected chi connectivity index (χ3v) is 3.03. The molecule has 1 amide bonds. The number of nitrogens with two attached hydrogens (primary N) is 1. The molecule has 1 aliphatic rings.